The van der Waals surface area contributed by atoms with Crippen LogP contribution < -0.4 is 21.1 Å². The molecule has 16 heteroatoms. The number of hydrazine groups is 1. The van der Waals surface area contributed by atoms with Crippen molar-refractivity contribution in [2.24, 2.45) is 5.92 Å². The molecule has 4 atom stereocenters. The molecule has 38 heavy (non-hydrogen) atoms. The first-order valence-corrected chi connectivity index (χ1v) is 12.3. The van der Waals surface area contributed by atoms with Gasteiger partial charge in [-0.25, -0.2) is 15.4 Å². The van der Waals surface area contributed by atoms with E-state index in [1.54, 1.807) is 11.8 Å². The van der Waals surface area contributed by atoms with Gasteiger partial charge in [-0.2, -0.15) is 26.3 Å². The van der Waals surface area contributed by atoms with Gasteiger partial charge in [-0.3, -0.25) is 15.0 Å². The van der Waals surface area contributed by atoms with E-state index in [2.05, 4.69) is 20.7 Å². The third-order valence-corrected chi connectivity index (χ3v) is 6.97. The van der Waals surface area contributed by atoms with E-state index in [-0.39, 0.29) is 25.1 Å². The normalized spacial score (nSPS) is 26.6. The molecule has 3 N–H and O–H groups in total. The molecule has 0 aliphatic carbocycles. The summed E-state index contributed by atoms with van der Waals surface area (Å²) in [4.78, 5) is 35.5. The van der Waals surface area contributed by atoms with Crippen LogP contribution in [0.4, 0.5) is 32.2 Å². The molecule has 4 rings (SSSR count). The Morgan fingerprint density at radius 2 is 1.79 bits per heavy atom. The van der Waals surface area contributed by atoms with Gasteiger partial charge in [0.1, 0.15) is 11.9 Å². The van der Waals surface area contributed by atoms with Gasteiger partial charge in [0.05, 0.1) is 19.0 Å². The number of carbonyl (C=O) groups excluding carboxylic acids is 2. The van der Waals surface area contributed by atoms with Crippen molar-refractivity contribution < 1.29 is 40.7 Å². The van der Waals surface area contributed by atoms with Crippen LogP contribution in [0.1, 0.15) is 31.9 Å². The van der Waals surface area contributed by atoms with Crippen LogP contribution in [0.15, 0.2) is 12.4 Å². The van der Waals surface area contributed by atoms with Gasteiger partial charge >= 0.3 is 12.4 Å². The zero-order valence-electron chi connectivity index (χ0n) is 20.5. The maximum Gasteiger partial charge on any atom is 0.434 e. The van der Waals surface area contributed by atoms with Gasteiger partial charge in [0.25, 0.3) is 5.91 Å². The molecule has 212 valence electrons. The minimum atomic E-state index is -4.71. The molecule has 0 bridgehead atoms. The zero-order chi connectivity index (χ0) is 27.7. The first-order chi connectivity index (χ1) is 17.8. The van der Waals surface area contributed by atoms with Crippen molar-refractivity contribution in [3.05, 3.63) is 18.1 Å². The van der Waals surface area contributed by atoms with Crippen LogP contribution in [-0.2, 0) is 20.5 Å². The van der Waals surface area contributed by atoms with Crippen molar-refractivity contribution >= 4 is 17.6 Å². The van der Waals surface area contributed by atoms with Crippen LogP contribution in [0, 0.1) is 5.92 Å². The predicted octanol–water partition coefficient (Wildman–Crippen LogP) is 1.24. The Morgan fingerprint density at radius 3 is 2.39 bits per heavy atom. The molecule has 1 aromatic heterocycles. The summed E-state index contributed by atoms with van der Waals surface area (Å²) in [6.45, 7) is 2.94. The van der Waals surface area contributed by atoms with E-state index >= 15 is 0 Å². The number of piperidine rings is 1. The summed E-state index contributed by atoms with van der Waals surface area (Å²) >= 11 is 0. The third-order valence-electron chi connectivity index (χ3n) is 6.97. The summed E-state index contributed by atoms with van der Waals surface area (Å²) in [5, 5.41) is 2.78. The molecule has 0 spiro atoms. The third kappa shape index (κ3) is 6.46. The zero-order valence-corrected chi connectivity index (χ0v) is 20.5. The molecular weight excluding hydrogens is 524 g/mol. The number of nitrogens with zero attached hydrogens (tertiary/aromatic N) is 4. The maximum atomic E-state index is 13.3. The van der Waals surface area contributed by atoms with Crippen LogP contribution in [0.3, 0.4) is 0 Å². The topological polar surface area (TPSA) is 112 Å². The summed E-state index contributed by atoms with van der Waals surface area (Å²) in [6.07, 6.45) is -6.57. The quantitative estimate of drug-likeness (QED) is 0.433. The lowest BCUT2D eigenvalue weighted by Crippen LogP contribution is -2.65. The number of aromatic nitrogens is 2. The van der Waals surface area contributed by atoms with Crippen molar-refractivity contribution in [1.82, 2.24) is 31.0 Å². The second kappa shape index (κ2) is 11.2. The highest BCUT2D eigenvalue weighted by molar-refractivity contribution is 5.83. The molecule has 3 aliphatic rings. The molecule has 4 heterocycles. The van der Waals surface area contributed by atoms with Gasteiger partial charge < -0.3 is 19.9 Å². The Bertz CT molecular complexity index is 985. The van der Waals surface area contributed by atoms with Gasteiger partial charge in [-0.05, 0) is 19.8 Å². The number of ether oxygens (including phenoxy) is 1. The SMILES string of the molecule is C[C@@H](CO[C@H]1CCN(C2CCN(c3cnc(C(F)(F)F)cn3)CC2)C1=O)NC1CNNC(=O)C1C(F)(F)F. The van der Waals surface area contributed by atoms with Crippen LogP contribution in [0.2, 0.25) is 0 Å². The molecule has 2 amide bonds. The van der Waals surface area contributed by atoms with Crippen LogP contribution >= 0.6 is 0 Å². The highest BCUT2D eigenvalue weighted by Crippen LogP contribution is 2.31. The Morgan fingerprint density at radius 1 is 1.08 bits per heavy atom. The molecule has 2 unspecified atom stereocenters. The lowest BCUT2D eigenvalue weighted by Gasteiger charge is -2.37. The number of hydrogen-bond donors (Lipinski definition) is 3. The van der Waals surface area contributed by atoms with Crippen molar-refractivity contribution in [2.45, 2.75) is 62.8 Å². The van der Waals surface area contributed by atoms with Crippen LogP contribution in [0.5, 0.6) is 0 Å². The van der Waals surface area contributed by atoms with Gasteiger partial charge in [-0.1, -0.05) is 0 Å². The number of nitrogens with one attached hydrogen (secondary N) is 3. The molecule has 0 saturated carbocycles. The fourth-order valence-corrected chi connectivity index (χ4v) is 5.06. The fraction of sp³-hybridized carbons (Fsp3) is 0.727. The summed E-state index contributed by atoms with van der Waals surface area (Å²) in [6, 6.07) is -1.80. The number of rotatable bonds is 7. The molecule has 3 aliphatic heterocycles. The monoisotopic (exact) mass is 553 g/mol. The van der Waals surface area contributed by atoms with E-state index in [4.69, 9.17) is 4.74 Å². The molecule has 3 saturated heterocycles. The Balaban J connectivity index is 1.23. The molecule has 0 radical (unpaired) electrons. The smallest absolute Gasteiger partial charge is 0.367 e. The van der Waals surface area contributed by atoms with E-state index in [9.17, 15) is 35.9 Å². The fourth-order valence-electron chi connectivity index (χ4n) is 5.06. The van der Waals surface area contributed by atoms with Gasteiger partial charge in [0, 0.05) is 50.7 Å². The largest absolute Gasteiger partial charge is 0.434 e. The molecule has 1 aromatic rings. The Hall–Kier alpha value is -2.72. The van der Waals surface area contributed by atoms with E-state index in [1.807, 2.05) is 10.3 Å². The minimum absolute atomic E-state index is 0.0159. The second-order valence-electron chi connectivity index (χ2n) is 9.68. The minimum Gasteiger partial charge on any atom is -0.367 e. The van der Waals surface area contributed by atoms with Crippen molar-refractivity contribution in [2.75, 3.05) is 37.7 Å². The van der Waals surface area contributed by atoms with Crippen LogP contribution in [-0.4, -0.2) is 89.9 Å². The Labute approximate surface area is 214 Å². The van der Waals surface area contributed by atoms with Crippen molar-refractivity contribution in [3.63, 3.8) is 0 Å². The lowest BCUT2D eigenvalue weighted by atomic mass is 9.96. The summed E-state index contributed by atoms with van der Waals surface area (Å²) in [5.74, 6) is -3.22. The number of alkyl halides is 6. The summed E-state index contributed by atoms with van der Waals surface area (Å²) in [5.41, 5.74) is 3.38. The second-order valence-corrected chi connectivity index (χ2v) is 9.68. The highest BCUT2D eigenvalue weighted by atomic mass is 19.4. The molecule has 10 nitrogen and oxygen atoms in total. The average molecular weight is 554 g/mol. The summed E-state index contributed by atoms with van der Waals surface area (Å²) in [7, 11) is 0. The molecule has 0 aromatic carbocycles. The number of halogens is 6. The summed E-state index contributed by atoms with van der Waals surface area (Å²) < 4.78 is 83.8. The van der Waals surface area contributed by atoms with E-state index in [1.165, 1.54) is 0 Å². The molecular formula is C22H29F6N7O3. The standard InChI is InChI=1S/C22H29F6N7O3/c1-12(32-14-8-31-33-19(36)18(14)22(26,27)28)11-38-15-4-7-35(20(15)37)13-2-5-34(6-3-13)17-10-29-16(9-30-17)21(23,24)25/h9-10,12-15,18,31-32H,2-8,11H2,1H3,(H,33,36)/t12-,14?,15-,18?/m0/s1. The van der Waals surface area contributed by atoms with Gasteiger partial charge in [0.2, 0.25) is 5.91 Å². The van der Waals surface area contributed by atoms with Gasteiger partial charge in [-0.15, -0.1) is 0 Å². The number of likely N-dealkylation sites (tertiary alicyclic amines) is 1. The van der Waals surface area contributed by atoms with Crippen molar-refractivity contribution in [1.29, 1.82) is 0 Å². The Kier molecular flexibility index (Phi) is 8.32. The number of anilines is 1. The van der Waals surface area contributed by atoms with Gasteiger partial charge in [0.15, 0.2) is 11.6 Å². The number of amides is 2. The first kappa shape index (κ1) is 28.3. The first-order valence-electron chi connectivity index (χ1n) is 12.3. The number of carbonyl (C=O) groups is 2. The van der Waals surface area contributed by atoms with E-state index < -0.39 is 48.1 Å². The predicted molar refractivity (Wildman–Crippen MR) is 120 cm³/mol. The molecule has 3 fully saturated rings. The van der Waals surface area contributed by atoms with Crippen molar-refractivity contribution in [3.8, 4) is 0 Å². The number of hydrogen-bond acceptors (Lipinski definition) is 8. The van der Waals surface area contributed by atoms with Crippen LogP contribution in [0.25, 0.3) is 0 Å². The maximum absolute atomic E-state index is 13.3. The lowest BCUT2D eigenvalue weighted by molar-refractivity contribution is -0.193. The average Bonchev–Trinajstić information content (AvgIpc) is 3.21. The highest BCUT2D eigenvalue weighted by Gasteiger charge is 2.51. The van der Waals surface area contributed by atoms with E-state index in [0.29, 0.717) is 50.9 Å². The van der Waals surface area contributed by atoms with E-state index in [0.717, 1.165) is 6.20 Å².